The maximum absolute atomic E-state index is 12.6. The molecule has 118 valence electrons. The van der Waals surface area contributed by atoms with Crippen LogP contribution in [0.15, 0.2) is 17.0 Å². The molecule has 0 spiro atoms. The summed E-state index contributed by atoms with van der Waals surface area (Å²) < 4.78 is 28.0. The van der Waals surface area contributed by atoms with Crippen molar-refractivity contribution in [1.82, 2.24) is 9.62 Å². The molecule has 1 aromatic rings. The Hall–Kier alpha value is -0.910. The molecule has 1 saturated heterocycles. The summed E-state index contributed by atoms with van der Waals surface area (Å²) >= 11 is 0. The quantitative estimate of drug-likeness (QED) is 0.928. The van der Waals surface area contributed by atoms with E-state index in [1.165, 1.54) is 0 Å². The summed E-state index contributed by atoms with van der Waals surface area (Å²) in [5.74, 6) is 0.446. The Balaban J connectivity index is 2.09. The highest BCUT2D eigenvalue weighted by molar-refractivity contribution is 7.89. The van der Waals surface area contributed by atoms with Crippen LogP contribution in [0.4, 0.5) is 0 Å². The first-order valence-corrected chi connectivity index (χ1v) is 9.04. The number of likely N-dealkylation sites (tertiary alicyclic amines) is 1. The summed E-state index contributed by atoms with van der Waals surface area (Å²) in [5.41, 5.74) is 2.74. The molecule has 5 heteroatoms. The average Bonchev–Trinajstić information content (AvgIpc) is 2.36. The van der Waals surface area contributed by atoms with Crippen LogP contribution in [0.25, 0.3) is 0 Å². The number of rotatable bonds is 4. The third-order valence-corrected chi connectivity index (χ3v) is 6.00. The zero-order valence-electron chi connectivity index (χ0n) is 13.4. The Kier molecular flexibility index (Phi) is 5.07. The molecule has 0 amide bonds. The zero-order chi connectivity index (χ0) is 15.6. The highest BCUT2D eigenvalue weighted by Crippen LogP contribution is 2.22. The summed E-state index contributed by atoms with van der Waals surface area (Å²) in [4.78, 5) is 2.74. The van der Waals surface area contributed by atoms with Crippen molar-refractivity contribution in [3.63, 3.8) is 0 Å². The maximum Gasteiger partial charge on any atom is 0.241 e. The van der Waals surface area contributed by atoms with E-state index in [9.17, 15) is 8.42 Å². The minimum Gasteiger partial charge on any atom is -0.306 e. The topological polar surface area (TPSA) is 49.4 Å². The van der Waals surface area contributed by atoms with Crippen molar-refractivity contribution in [2.45, 2.75) is 38.5 Å². The molecule has 21 heavy (non-hydrogen) atoms. The largest absolute Gasteiger partial charge is 0.306 e. The van der Waals surface area contributed by atoms with Gasteiger partial charge in [0.05, 0.1) is 4.90 Å². The molecular formula is C16H26N2O2S. The van der Waals surface area contributed by atoms with Crippen LogP contribution < -0.4 is 4.72 Å². The van der Waals surface area contributed by atoms with Crippen molar-refractivity contribution in [3.05, 3.63) is 28.8 Å². The lowest BCUT2D eigenvalue weighted by atomic mass is 9.98. The van der Waals surface area contributed by atoms with Gasteiger partial charge in [-0.1, -0.05) is 17.7 Å². The Morgan fingerprint density at radius 1 is 1.14 bits per heavy atom. The van der Waals surface area contributed by atoms with Crippen LogP contribution in [0.5, 0.6) is 0 Å². The lowest BCUT2D eigenvalue weighted by Gasteiger charge is -2.29. The summed E-state index contributed by atoms with van der Waals surface area (Å²) in [5, 5.41) is 0. The van der Waals surface area contributed by atoms with E-state index in [-0.39, 0.29) is 0 Å². The predicted octanol–water partition coefficient (Wildman–Crippen LogP) is 2.23. The van der Waals surface area contributed by atoms with Gasteiger partial charge in [-0.15, -0.1) is 0 Å². The van der Waals surface area contributed by atoms with Gasteiger partial charge in [-0.3, -0.25) is 0 Å². The van der Waals surface area contributed by atoms with Crippen LogP contribution in [0, 0.1) is 26.7 Å². The Bertz CT molecular complexity index is 580. The van der Waals surface area contributed by atoms with Crippen molar-refractivity contribution >= 4 is 10.0 Å². The number of benzene rings is 1. The second kappa shape index (κ2) is 6.46. The van der Waals surface area contributed by atoms with Gasteiger partial charge in [-0.2, -0.15) is 0 Å². The van der Waals surface area contributed by atoms with Crippen LogP contribution >= 0.6 is 0 Å². The molecule has 0 aliphatic carbocycles. The predicted molar refractivity (Wildman–Crippen MR) is 86.1 cm³/mol. The smallest absolute Gasteiger partial charge is 0.241 e. The first-order chi connectivity index (χ1) is 9.79. The van der Waals surface area contributed by atoms with Gasteiger partial charge in [0, 0.05) is 6.54 Å². The van der Waals surface area contributed by atoms with Gasteiger partial charge >= 0.3 is 0 Å². The molecule has 1 aliphatic rings. The van der Waals surface area contributed by atoms with E-state index >= 15 is 0 Å². The fourth-order valence-electron chi connectivity index (χ4n) is 3.16. The number of hydrogen-bond acceptors (Lipinski definition) is 3. The van der Waals surface area contributed by atoms with Gasteiger partial charge in [0.25, 0.3) is 0 Å². The van der Waals surface area contributed by atoms with Crippen molar-refractivity contribution in [2.75, 3.05) is 26.7 Å². The van der Waals surface area contributed by atoms with Crippen LogP contribution in [0.2, 0.25) is 0 Å². The number of nitrogens with zero attached hydrogens (tertiary/aromatic N) is 1. The third-order valence-electron chi connectivity index (χ3n) is 4.27. The molecule has 0 radical (unpaired) electrons. The van der Waals surface area contributed by atoms with Crippen LogP contribution in [0.1, 0.15) is 29.5 Å². The van der Waals surface area contributed by atoms with E-state index in [0.29, 0.717) is 17.4 Å². The molecule has 0 aromatic heterocycles. The van der Waals surface area contributed by atoms with Crippen molar-refractivity contribution in [2.24, 2.45) is 5.92 Å². The molecule has 0 atom stereocenters. The summed E-state index contributed by atoms with van der Waals surface area (Å²) in [6, 6.07) is 3.86. The van der Waals surface area contributed by atoms with E-state index in [1.54, 1.807) is 0 Å². The normalized spacial score (nSPS) is 18.1. The highest BCUT2D eigenvalue weighted by Gasteiger charge is 2.23. The maximum atomic E-state index is 12.6. The van der Waals surface area contributed by atoms with Gasteiger partial charge in [0.2, 0.25) is 10.0 Å². The first-order valence-electron chi connectivity index (χ1n) is 7.55. The fraction of sp³-hybridized carbons (Fsp3) is 0.625. The fourth-order valence-corrected chi connectivity index (χ4v) is 4.72. The van der Waals surface area contributed by atoms with E-state index in [0.717, 1.165) is 42.6 Å². The Labute approximate surface area is 128 Å². The van der Waals surface area contributed by atoms with Gasteiger partial charge in [0.15, 0.2) is 0 Å². The molecule has 4 nitrogen and oxygen atoms in total. The number of piperidine rings is 1. The van der Waals surface area contributed by atoms with Gasteiger partial charge in [-0.25, -0.2) is 13.1 Å². The number of nitrogens with one attached hydrogen (secondary N) is 1. The van der Waals surface area contributed by atoms with Crippen molar-refractivity contribution in [3.8, 4) is 0 Å². The van der Waals surface area contributed by atoms with Crippen molar-refractivity contribution in [1.29, 1.82) is 0 Å². The first kappa shape index (κ1) is 16.5. The standard InChI is InChI=1S/C16H26N2O2S/c1-12-9-13(2)16(14(3)10-12)21(19,20)17-11-15-5-7-18(4)8-6-15/h9-10,15,17H,5-8,11H2,1-4H3. The lowest BCUT2D eigenvalue weighted by Crippen LogP contribution is -2.37. The van der Waals surface area contributed by atoms with E-state index < -0.39 is 10.0 Å². The third kappa shape index (κ3) is 4.05. The SMILES string of the molecule is Cc1cc(C)c(S(=O)(=O)NCC2CCN(C)CC2)c(C)c1. The summed E-state index contributed by atoms with van der Waals surface area (Å²) in [6.07, 6.45) is 2.12. The molecule has 1 heterocycles. The molecule has 0 unspecified atom stereocenters. The average molecular weight is 310 g/mol. The van der Waals surface area contributed by atoms with Crippen molar-refractivity contribution < 1.29 is 8.42 Å². The Morgan fingerprint density at radius 2 is 1.67 bits per heavy atom. The Morgan fingerprint density at radius 3 is 2.19 bits per heavy atom. The number of sulfonamides is 1. The molecule has 0 bridgehead atoms. The second-order valence-electron chi connectivity index (χ2n) is 6.33. The zero-order valence-corrected chi connectivity index (χ0v) is 14.3. The molecule has 0 saturated carbocycles. The van der Waals surface area contributed by atoms with Crippen LogP contribution in [0.3, 0.4) is 0 Å². The number of hydrogen-bond donors (Lipinski definition) is 1. The summed E-state index contributed by atoms with van der Waals surface area (Å²) in [7, 11) is -1.30. The minimum atomic E-state index is -3.41. The van der Waals surface area contributed by atoms with Gasteiger partial charge in [0.1, 0.15) is 0 Å². The van der Waals surface area contributed by atoms with Gasteiger partial charge < -0.3 is 4.90 Å². The van der Waals surface area contributed by atoms with Gasteiger partial charge in [-0.05, 0) is 70.8 Å². The number of aryl methyl sites for hydroxylation is 3. The molecule has 2 rings (SSSR count). The van der Waals surface area contributed by atoms with E-state index in [1.807, 2.05) is 32.9 Å². The van der Waals surface area contributed by atoms with Crippen LogP contribution in [-0.2, 0) is 10.0 Å². The molecule has 1 fully saturated rings. The second-order valence-corrected chi connectivity index (χ2v) is 8.03. The minimum absolute atomic E-state index is 0.445. The molecule has 1 aromatic carbocycles. The molecule has 1 aliphatic heterocycles. The lowest BCUT2D eigenvalue weighted by molar-refractivity contribution is 0.220. The summed E-state index contributed by atoms with van der Waals surface area (Å²) in [6.45, 7) is 8.36. The van der Waals surface area contributed by atoms with Crippen LogP contribution in [-0.4, -0.2) is 40.0 Å². The monoisotopic (exact) mass is 310 g/mol. The molecule has 1 N–H and O–H groups in total. The molecular weight excluding hydrogens is 284 g/mol. The van der Waals surface area contributed by atoms with E-state index in [2.05, 4.69) is 16.7 Å². The highest BCUT2D eigenvalue weighted by atomic mass is 32.2. The van der Waals surface area contributed by atoms with E-state index in [4.69, 9.17) is 0 Å².